The molecule has 3 heterocycles. The predicted molar refractivity (Wildman–Crippen MR) is 108 cm³/mol. The second-order valence-corrected chi connectivity index (χ2v) is 6.73. The molecule has 0 aliphatic carbocycles. The molecule has 0 amide bonds. The maximum absolute atomic E-state index is 12.8. The molecule has 3 aromatic rings. The summed E-state index contributed by atoms with van der Waals surface area (Å²) in [5.74, 6) is -1.04. The average Bonchev–Trinajstić information content (AvgIpc) is 2.86. The molecule has 0 saturated carbocycles. The second kappa shape index (κ2) is 6.13. The highest BCUT2D eigenvalue weighted by Gasteiger charge is 2.31. The highest BCUT2D eigenvalue weighted by molar-refractivity contribution is 6.21. The summed E-state index contributed by atoms with van der Waals surface area (Å²) < 4.78 is 1.88. The molecule has 0 fully saturated rings. The van der Waals surface area contributed by atoms with E-state index in [1.807, 2.05) is 41.0 Å². The van der Waals surface area contributed by atoms with E-state index in [4.69, 9.17) is 0 Å². The monoisotopic (exact) mass is 369 g/mol. The quantitative estimate of drug-likeness (QED) is 0.751. The van der Waals surface area contributed by atoms with Crippen LogP contribution in [0.5, 0.6) is 0 Å². The summed E-state index contributed by atoms with van der Waals surface area (Å²) in [7, 11) is 0. The number of benzene rings is 2. The van der Waals surface area contributed by atoms with Crippen LogP contribution < -0.4 is 0 Å². The number of rotatable bonds is 2. The number of aromatic nitrogens is 1. The lowest BCUT2D eigenvalue weighted by Gasteiger charge is -2.20. The van der Waals surface area contributed by atoms with E-state index < -0.39 is 5.97 Å². The van der Waals surface area contributed by atoms with Crippen molar-refractivity contribution in [3.63, 3.8) is 0 Å². The second-order valence-electron chi connectivity index (χ2n) is 6.73. The van der Waals surface area contributed by atoms with Crippen molar-refractivity contribution in [3.8, 4) is 11.1 Å². The van der Waals surface area contributed by atoms with Gasteiger partial charge in [-0.1, -0.05) is 36.4 Å². The molecule has 0 bridgehead atoms. The van der Waals surface area contributed by atoms with E-state index in [1.54, 1.807) is 24.6 Å². The number of carboxylic acids is 1. The van der Waals surface area contributed by atoms with Gasteiger partial charge in [0.1, 0.15) is 0 Å². The third-order valence-electron chi connectivity index (χ3n) is 5.15. The Balaban J connectivity index is 1.92. The lowest BCUT2D eigenvalue weighted by molar-refractivity contribution is -0.116. The van der Waals surface area contributed by atoms with Crippen molar-refractivity contribution in [2.45, 2.75) is 6.54 Å². The minimum absolute atomic E-state index is 0.0454. The van der Waals surface area contributed by atoms with Gasteiger partial charge < -0.3 is 9.67 Å². The Morgan fingerprint density at radius 3 is 2.68 bits per heavy atom. The summed E-state index contributed by atoms with van der Waals surface area (Å²) in [5.41, 5.74) is 4.88. The van der Waals surface area contributed by atoms with Gasteiger partial charge in [-0.25, -0.2) is 4.79 Å². The molecular weight excluding hydrogens is 354 g/mol. The molecule has 136 valence electrons. The van der Waals surface area contributed by atoms with E-state index in [1.165, 1.54) is 0 Å². The van der Waals surface area contributed by atoms with E-state index in [-0.39, 0.29) is 17.9 Å². The fraction of sp³-hybridized carbons (Fsp3) is 0.0909. The Morgan fingerprint density at radius 1 is 1.07 bits per heavy atom. The Morgan fingerprint density at radius 2 is 1.89 bits per heavy atom. The molecule has 0 atom stereocenters. The van der Waals surface area contributed by atoms with E-state index in [9.17, 15) is 14.7 Å². The SMILES string of the molecule is O=C1Cn2c(c(-c3ccccc3)c3ccc(C(=O)O)cc32)C2=C1CN=CC=N2. The van der Waals surface area contributed by atoms with Gasteiger partial charge in [-0.2, -0.15) is 0 Å². The van der Waals surface area contributed by atoms with Crippen molar-refractivity contribution in [2.75, 3.05) is 6.54 Å². The molecule has 6 nitrogen and oxygen atoms in total. The largest absolute Gasteiger partial charge is 0.478 e. The number of hydrogen-bond donors (Lipinski definition) is 1. The van der Waals surface area contributed by atoms with Crippen molar-refractivity contribution >= 4 is 40.8 Å². The zero-order chi connectivity index (χ0) is 19.3. The third-order valence-corrected chi connectivity index (χ3v) is 5.15. The van der Waals surface area contributed by atoms with Crippen LogP contribution in [0.2, 0.25) is 0 Å². The van der Waals surface area contributed by atoms with Crippen molar-refractivity contribution < 1.29 is 14.7 Å². The molecule has 2 aliphatic rings. The summed E-state index contributed by atoms with van der Waals surface area (Å²) >= 11 is 0. The van der Waals surface area contributed by atoms with Crippen molar-refractivity contribution in [2.24, 2.45) is 9.98 Å². The lowest BCUT2D eigenvalue weighted by atomic mass is 9.96. The molecule has 6 heteroatoms. The fourth-order valence-corrected chi connectivity index (χ4v) is 3.91. The number of aliphatic imine (C=N–C) groups is 2. The van der Waals surface area contributed by atoms with E-state index in [2.05, 4.69) is 9.98 Å². The molecule has 5 rings (SSSR count). The van der Waals surface area contributed by atoms with Gasteiger partial charge in [0.25, 0.3) is 0 Å². The molecule has 1 aromatic heterocycles. The number of carbonyl (C=O) groups is 2. The highest BCUT2D eigenvalue weighted by atomic mass is 16.4. The standard InChI is InChI=1S/C22H15N3O3/c26-18-12-25-17-10-14(22(27)28)6-7-15(17)19(13-4-2-1-3-5-13)21(25)20-16(18)11-23-8-9-24-20/h1-10H,11-12H2,(H,27,28). The third kappa shape index (κ3) is 2.35. The molecule has 2 aromatic carbocycles. The van der Waals surface area contributed by atoms with Crippen LogP contribution in [-0.4, -0.2) is 40.4 Å². The summed E-state index contributed by atoms with van der Waals surface area (Å²) in [6.45, 7) is 0.440. The minimum Gasteiger partial charge on any atom is -0.478 e. The first-order valence-corrected chi connectivity index (χ1v) is 8.89. The summed E-state index contributed by atoms with van der Waals surface area (Å²) in [5, 5.41) is 10.3. The Labute approximate surface area is 160 Å². The fourth-order valence-electron chi connectivity index (χ4n) is 3.91. The smallest absolute Gasteiger partial charge is 0.335 e. The van der Waals surface area contributed by atoms with Crippen LogP contribution >= 0.6 is 0 Å². The van der Waals surface area contributed by atoms with Gasteiger partial charge in [0.2, 0.25) is 0 Å². The Bertz CT molecular complexity index is 1250. The van der Waals surface area contributed by atoms with E-state index >= 15 is 0 Å². The number of Topliss-reactive ketones (excluding diaryl/α,β-unsaturated/α-hetero) is 1. The van der Waals surface area contributed by atoms with Gasteiger partial charge in [0.05, 0.1) is 35.6 Å². The molecule has 28 heavy (non-hydrogen) atoms. The first-order valence-electron chi connectivity index (χ1n) is 8.89. The van der Waals surface area contributed by atoms with Crippen LogP contribution in [0.15, 0.2) is 64.1 Å². The number of ketones is 1. The maximum Gasteiger partial charge on any atom is 0.335 e. The van der Waals surface area contributed by atoms with Crippen molar-refractivity contribution in [3.05, 3.63) is 65.4 Å². The van der Waals surface area contributed by atoms with Crippen molar-refractivity contribution in [1.29, 1.82) is 0 Å². The number of hydrogen-bond acceptors (Lipinski definition) is 4. The average molecular weight is 369 g/mol. The number of nitrogens with zero attached hydrogens (tertiary/aromatic N) is 3. The Kier molecular flexibility index (Phi) is 3.58. The molecular formula is C22H15N3O3. The van der Waals surface area contributed by atoms with Gasteiger partial charge in [0.15, 0.2) is 5.78 Å². The Hall–Kier alpha value is -3.80. The van der Waals surface area contributed by atoms with Crippen LogP contribution in [-0.2, 0) is 11.3 Å². The van der Waals surface area contributed by atoms with Crippen LogP contribution in [0.3, 0.4) is 0 Å². The zero-order valence-electron chi connectivity index (χ0n) is 14.8. The summed E-state index contributed by atoms with van der Waals surface area (Å²) in [6.07, 6.45) is 3.20. The van der Waals surface area contributed by atoms with Crippen LogP contribution in [0.4, 0.5) is 0 Å². The summed E-state index contributed by atoms with van der Waals surface area (Å²) in [4.78, 5) is 33.1. The number of fused-ring (bicyclic) bond motifs is 4. The lowest BCUT2D eigenvalue weighted by Crippen LogP contribution is -2.22. The van der Waals surface area contributed by atoms with Gasteiger partial charge in [0, 0.05) is 29.0 Å². The van der Waals surface area contributed by atoms with Gasteiger partial charge in [-0.15, -0.1) is 0 Å². The summed E-state index contributed by atoms with van der Waals surface area (Å²) in [6, 6.07) is 14.9. The van der Waals surface area contributed by atoms with Crippen LogP contribution in [0, 0.1) is 0 Å². The number of aromatic carboxylic acids is 1. The molecule has 0 spiro atoms. The van der Waals surface area contributed by atoms with Gasteiger partial charge in [-0.05, 0) is 17.7 Å². The molecule has 0 unspecified atom stereocenters. The van der Waals surface area contributed by atoms with Gasteiger partial charge in [-0.3, -0.25) is 14.8 Å². The first kappa shape index (κ1) is 16.4. The molecule has 1 N–H and O–H groups in total. The molecule has 2 aliphatic heterocycles. The maximum atomic E-state index is 12.8. The first-order chi connectivity index (χ1) is 13.6. The minimum atomic E-state index is -0.998. The van der Waals surface area contributed by atoms with E-state index in [0.29, 0.717) is 23.3 Å². The normalized spacial score (nSPS) is 15.5. The topological polar surface area (TPSA) is 84.0 Å². The van der Waals surface area contributed by atoms with E-state index in [0.717, 1.165) is 22.2 Å². The zero-order valence-corrected chi connectivity index (χ0v) is 14.8. The molecule has 0 saturated heterocycles. The van der Waals surface area contributed by atoms with Crippen LogP contribution in [0.25, 0.3) is 27.7 Å². The number of carboxylic acid groups (broad SMARTS) is 1. The van der Waals surface area contributed by atoms with Crippen molar-refractivity contribution in [1.82, 2.24) is 4.57 Å². The van der Waals surface area contributed by atoms with Gasteiger partial charge >= 0.3 is 5.97 Å². The predicted octanol–water partition coefficient (Wildman–Crippen LogP) is 3.46. The number of carbonyl (C=O) groups excluding carboxylic acids is 1. The highest BCUT2D eigenvalue weighted by Crippen LogP contribution is 2.42. The van der Waals surface area contributed by atoms with Crippen LogP contribution in [0.1, 0.15) is 16.1 Å². The molecule has 0 radical (unpaired) electrons.